The summed E-state index contributed by atoms with van der Waals surface area (Å²) >= 11 is 0. The molecule has 8 heteroatoms. The second kappa shape index (κ2) is 5.17. The number of hydrogen-bond acceptors (Lipinski definition) is 6. The van der Waals surface area contributed by atoms with Crippen LogP contribution < -0.4 is 0 Å². The molecule has 0 spiro atoms. The van der Waals surface area contributed by atoms with E-state index in [1.807, 2.05) is 0 Å². The zero-order valence-corrected chi connectivity index (χ0v) is 10.1. The first kappa shape index (κ1) is 13.2. The molecule has 0 aromatic carbocycles. The minimum atomic E-state index is -0.823. The van der Waals surface area contributed by atoms with Crippen molar-refractivity contribution in [3.05, 3.63) is 0 Å². The predicted octanol–water partition coefficient (Wildman–Crippen LogP) is -0.867. The zero-order chi connectivity index (χ0) is 14.0. The van der Waals surface area contributed by atoms with Gasteiger partial charge in [-0.25, -0.2) is 4.79 Å². The van der Waals surface area contributed by atoms with Crippen LogP contribution in [0.4, 0.5) is 0 Å². The summed E-state index contributed by atoms with van der Waals surface area (Å²) in [5.41, 5.74) is 0. The van der Waals surface area contributed by atoms with Crippen LogP contribution in [0, 0.1) is 0 Å². The third-order valence-corrected chi connectivity index (χ3v) is 2.89. The average Bonchev–Trinajstić information content (AvgIpc) is 2.84. The number of hydroxylamine groups is 2. The van der Waals surface area contributed by atoms with Crippen LogP contribution in [0.15, 0.2) is 0 Å². The van der Waals surface area contributed by atoms with Gasteiger partial charge in [-0.1, -0.05) is 0 Å². The normalized spacial score (nSPS) is 19.6. The van der Waals surface area contributed by atoms with Crippen molar-refractivity contribution in [2.24, 2.45) is 0 Å². The Morgan fingerprint density at radius 1 is 0.895 bits per heavy atom. The van der Waals surface area contributed by atoms with E-state index in [-0.39, 0.29) is 50.5 Å². The second-order valence-corrected chi connectivity index (χ2v) is 4.23. The van der Waals surface area contributed by atoms with E-state index in [2.05, 4.69) is 4.84 Å². The number of imide groups is 2. The molecule has 0 aliphatic carbocycles. The van der Waals surface area contributed by atoms with E-state index in [4.69, 9.17) is 0 Å². The summed E-state index contributed by atoms with van der Waals surface area (Å²) in [6.07, 6.45) is 0.104. The molecular formula is C11H12N2O6. The number of nitrogens with zero attached hydrogens (tertiary/aromatic N) is 2. The average molecular weight is 268 g/mol. The molecule has 0 aromatic rings. The third kappa shape index (κ3) is 2.78. The van der Waals surface area contributed by atoms with Gasteiger partial charge in [0.25, 0.3) is 11.8 Å². The first-order valence-corrected chi connectivity index (χ1v) is 5.89. The van der Waals surface area contributed by atoms with Gasteiger partial charge in [0.05, 0.1) is 6.42 Å². The van der Waals surface area contributed by atoms with Gasteiger partial charge in [0.2, 0.25) is 11.8 Å². The van der Waals surface area contributed by atoms with Gasteiger partial charge in [-0.05, 0) is 0 Å². The van der Waals surface area contributed by atoms with E-state index in [0.717, 1.165) is 4.90 Å². The van der Waals surface area contributed by atoms with Crippen LogP contribution in [-0.4, -0.2) is 46.1 Å². The van der Waals surface area contributed by atoms with Gasteiger partial charge < -0.3 is 4.84 Å². The smallest absolute Gasteiger partial charge is 0.330 e. The third-order valence-electron chi connectivity index (χ3n) is 2.89. The van der Waals surface area contributed by atoms with Crippen LogP contribution in [0.1, 0.15) is 32.1 Å². The van der Waals surface area contributed by atoms with E-state index in [9.17, 15) is 24.0 Å². The molecule has 2 heterocycles. The fourth-order valence-corrected chi connectivity index (χ4v) is 1.88. The molecule has 2 aliphatic heterocycles. The largest absolute Gasteiger partial charge is 0.335 e. The highest BCUT2D eigenvalue weighted by atomic mass is 16.7. The molecule has 0 unspecified atom stereocenters. The summed E-state index contributed by atoms with van der Waals surface area (Å²) in [5.74, 6) is -2.60. The number of hydrogen-bond donors (Lipinski definition) is 0. The Labute approximate surface area is 108 Å². The Morgan fingerprint density at radius 3 is 1.89 bits per heavy atom. The van der Waals surface area contributed by atoms with Crippen molar-refractivity contribution >= 4 is 29.6 Å². The maximum absolute atomic E-state index is 11.4. The summed E-state index contributed by atoms with van der Waals surface area (Å²) in [7, 11) is 0. The molecular weight excluding hydrogens is 256 g/mol. The predicted molar refractivity (Wildman–Crippen MR) is 57.8 cm³/mol. The molecule has 2 saturated heterocycles. The van der Waals surface area contributed by atoms with Gasteiger partial charge in [0.1, 0.15) is 0 Å². The van der Waals surface area contributed by atoms with Gasteiger partial charge in [0.15, 0.2) is 0 Å². The molecule has 0 atom stereocenters. The Hall–Kier alpha value is -2.25. The molecule has 19 heavy (non-hydrogen) atoms. The van der Waals surface area contributed by atoms with Crippen molar-refractivity contribution in [2.75, 3.05) is 6.54 Å². The number of carbonyl (C=O) groups excluding carboxylic acids is 5. The second-order valence-electron chi connectivity index (χ2n) is 4.23. The lowest BCUT2D eigenvalue weighted by Gasteiger charge is -2.15. The fourth-order valence-electron chi connectivity index (χ4n) is 1.88. The van der Waals surface area contributed by atoms with Crippen molar-refractivity contribution in [3.63, 3.8) is 0 Å². The first-order valence-electron chi connectivity index (χ1n) is 5.89. The monoisotopic (exact) mass is 268 g/mol. The summed E-state index contributed by atoms with van der Waals surface area (Å²) in [6, 6.07) is 0. The molecule has 2 fully saturated rings. The summed E-state index contributed by atoms with van der Waals surface area (Å²) < 4.78 is 0. The molecule has 102 valence electrons. The van der Waals surface area contributed by atoms with Crippen LogP contribution in [0.2, 0.25) is 0 Å². The molecule has 8 nitrogen and oxygen atoms in total. The fraction of sp³-hybridized carbons (Fsp3) is 0.545. The lowest BCUT2D eigenvalue weighted by molar-refractivity contribution is -0.197. The molecule has 2 rings (SSSR count). The number of rotatable bonds is 4. The summed E-state index contributed by atoms with van der Waals surface area (Å²) in [4.78, 5) is 62.0. The van der Waals surface area contributed by atoms with Gasteiger partial charge in [0, 0.05) is 32.2 Å². The van der Waals surface area contributed by atoms with Crippen LogP contribution in [0.25, 0.3) is 0 Å². The van der Waals surface area contributed by atoms with Crippen molar-refractivity contribution in [2.45, 2.75) is 32.1 Å². The van der Waals surface area contributed by atoms with E-state index in [1.165, 1.54) is 0 Å². The van der Waals surface area contributed by atoms with Gasteiger partial charge in [-0.3, -0.25) is 24.1 Å². The van der Waals surface area contributed by atoms with E-state index >= 15 is 0 Å². The van der Waals surface area contributed by atoms with Crippen molar-refractivity contribution in [1.29, 1.82) is 0 Å². The van der Waals surface area contributed by atoms with Gasteiger partial charge >= 0.3 is 5.97 Å². The first-order chi connectivity index (χ1) is 8.99. The van der Waals surface area contributed by atoms with Gasteiger partial charge in [-0.15, -0.1) is 5.06 Å². The van der Waals surface area contributed by atoms with Gasteiger partial charge in [-0.2, -0.15) is 0 Å². The maximum atomic E-state index is 11.4. The molecule has 0 saturated carbocycles. The van der Waals surface area contributed by atoms with Crippen LogP contribution in [-0.2, 0) is 28.8 Å². The highest BCUT2D eigenvalue weighted by molar-refractivity contribution is 6.02. The summed E-state index contributed by atoms with van der Waals surface area (Å²) in [5, 5.41) is 0.440. The highest BCUT2D eigenvalue weighted by Gasteiger charge is 2.34. The Kier molecular flexibility index (Phi) is 3.59. The minimum Gasteiger partial charge on any atom is -0.330 e. The number of amides is 4. The Bertz CT molecular complexity index is 440. The molecule has 4 amide bonds. The van der Waals surface area contributed by atoms with Crippen molar-refractivity contribution in [1.82, 2.24) is 9.96 Å². The Morgan fingerprint density at radius 2 is 1.37 bits per heavy atom. The topological polar surface area (TPSA) is 101 Å². The van der Waals surface area contributed by atoms with Crippen LogP contribution in [0.3, 0.4) is 0 Å². The van der Waals surface area contributed by atoms with Crippen molar-refractivity contribution in [3.8, 4) is 0 Å². The minimum absolute atomic E-state index is 0.0230. The quantitative estimate of drug-likeness (QED) is 0.614. The van der Waals surface area contributed by atoms with E-state index in [0.29, 0.717) is 5.06 Å². The highest BCUT2D eigenvalue weighted by Crippen LogP contribution is 2.14. The Balaban J connectivity index is 1.82. The van der Waals surface area contributed by atoms with Crippen LogP contribution in [0.5, 0.6) is 0 Å². The lowest BCUT2D eigenvalue weighted by Crippen LogP contribution is -2.35. The molecule has 0 N–H and O–H groups in total. The van der Waals surface area contributed by atoms with Crippen LogP contribution >= 0.6 is 0 Å². The summed E-state index contributed by atoms with van der Waals surface area (Å²) in [6.45, 7) is -0.0906. The van der Waals surface area contributed by atoms with E-state index in [1.54, 1.807) is 0 Å². The van der Waals surface area contributed by atoms with Crippen molar-refractivity contribution < 1.29 is 28.8 Å². The maximum Gasteiger partial charge on any atom is 0.335 e. The molecule has 0 radical (unpaired) electrons. The lowest BCUT2D eigenvalue weighted by atomic mass is 10.4. The molecule has 2 aliphatic rings. The number of carbonyl (C=O) groups is 5. The van der Waals surface area contributed by atoms with E-state index < -0.39 is 17.8 Å². The number of likely N-dealkylation sites (tertiary alicyclic amines) is 1. The SMILES string of the molecule is O=C(CCN1C(=O)CCC1=O)ON1C(=O)CCC1=O. The molecule has 0 bridgehead atoms. The molecule has 0 aromatic heterocycles. The zero-order valence-electron chi connectivity index (χ0n) is 10.1. The standard InChI is InChI=1S/C11H12N2O6/c14-7-1-2-8(15)12(7)6-5-11(18)19-13-9(16)3-4-10(13)17/h1-6H2.